The largest absolute Gasteiger partial charge is 0.480 e. The number of carbonyl (C=O) groups is 2. The Morgan fingerprint density at radius 1 is 1.44 bits per heavy atom. The number of nitrogens with zero attached hydrogens (tertiary/aromatic N) is 1. The lowest BCUT2D eigenvalue weighted by Gasteiger charge is -2.25. The van der Waals surface area contributed by atoms with Crippen molar-refractivity contribution in [2.24, 2.45) is 0 Å². The highest BCUT2D eigenvalue weighted by molar-refractivity contribution is 6.34. The Kier molecular flexibility index (Phi) is 4.67. The maximum atomic E-state index is 13.2. The second-order valence-corrected chi connectivity index (χ2v) is 4.40. The van der Waals surface area contributed by atoms with E-state index in [9.17, 15) is 14.0 Å². The third-order valence-corrected chi connectivity index (χ3v) is 2.76. The van der Waals surface area contributed by atoms with Crippen LogP contribution in [0.2, 0.25) is 5.02 Å². The fraction of sp³-hybridized carbons (Fsp3) is 0.333. The molecule has 0 spiro atoms. The summed E-state index contributed by atoms with van der Waals surface area (Å²) < 4.78 is 13.2. The van der Waals surface area contributed by atoms with Gasteiger partial charge < -0.3 is 10.0 Å². The van der Waals surface area contributed by atoms with Gasteiger partial charge >= 0.3 is 5.97 Å². The van der Waals surface area contributed by atoms with Crippen molar-refractivity contribution < 1.29 is 19.1 Å². The minimum Gasteiger partial charge on any atom is -0.480 e. The Balaban J connectivity index is 3.10. The molecule has 0 atom stereocenters. The molecule has 0 aliphatic rings. The SMILES string of the molecule is CC(C)N(CC(=O)O)C(=O)c1cccc(F)c1Cl. The lowest BCUT2D eigenvalue weighted by Crippen LogP contribution is -2.40. The smallest absolute Gasteiger partial charge is 0.323 e. The van der Waals surface area contributed by atoms with Gasteiger partial charge in [0.15, 0.2) is 0 Å². The van der Waals surface area contributed by atoms with Crippen molar-refractivity contribution in [3.05, 3.63) is 34.6 Å². The van der Waals surface area contributed by atoms with E-state index in [1.165, 1.54) is 12.1 Å². The molecule has 4 nitrogen and oxygen atoms in total. The number of benzene rings is 1. The normalized spacial score (nSPS) is 10.5. The fourth-order valence-electron chi connectivity index (χ4n) is 1.46. The van der Waals surface area contributed by atoms with Crippen LogP contribution in [0.1, 0.15) is 24.2 Å². The number of aliphatic carboxylic acids is 1. The summed E-state index contributed by atoms with van der Waals surface area (Å²) in [5, 5.41) is 8.46. The van der Waals surface area contributed by atoms with Crippen molar-refractivity contribution in [3.8, 4) is 0 Å². The second kappa shape index (κ2) is 5.82. The summed E-state index contributed by atoms with van der Waals surface area (Å²) in [5.74, 6) is -2.44. The van der Waals surface area contributed by atoms with Gasteiger partial charge in [-0.15, -0.1) is 0 Å². The molecule has 1 aromatic carbocycles. The molecule has 0 aromatic heterocycles. The van der Waals surface area contributed by atoms with Gasteiger partial charge in [0.25, 0.3) is 5.91 Å². The van der Waals surface area contributed by atoms with E-state index in [2.05, 4.69) is 0 Å². The van der Waals surface area contributed by atoms with E-state index in [0.717, 1.165) is 11.0 Å². The van der Waals surface area contributed by atoms with E-state index in [1.807, 2.05) is 0 Å². The van der Waals surface area contributed by atoms with Crippen LogP contribution in [0.4, 0.5) is 4.39 Å². The molecular weight excluding hydrogens is 261 g/mol. The van der Waals surface area contributed by atoms with Crippen molar-refractivity contribution in [1.82, 2.24) is 4.90 Å². The van der Waals surface area contributed by atoms with Gasteiger partial charge in [0, 0.05) is 6.04 Å². The van der Waals surface area contributed by atoms with Gasteiger partial charge in [-0.2, -0.15) is 0 Å². The molecule has 0 fully saturated rings. The topological polar surface area (TPSA) is 57.6 Å². The molecule has 0 saturated carbocycles. The Morgan fingerprint density at radius 2 is 2.06 bits per heavy atom. The molecule has 0 unspecified atom stereocenters. The molecule has 0 saturated heterocycles. The van der Waals surface area contributed by atoms with Gasteiger partial charge in [-0.3, -0.25) is 9.59 Å². The van der Waals surface area contributed by atoms with Gasteiger partial charge in [-0.1, -0.05) is 17.7 Å². The molecular formula is C12H13ClFNO3. The molecule has 1 amide bonds. The molecule has 1 aromatic rings. The van der Waals surface area contributed by atoms with E-state index >= 15 is 0 Å². The zero-order chi connectivity index (χ0) is 13.9. The lowest BCUT2D eigenvalue weighted by molar-refractivity contribution is -0.138. The van der Waals surface area contributed by atoms with Crippen LogP contribution >= 0.6 is 11.6 Å². The summed E-state index contributed by atoms with van der Waals surface area (Å²) in [7, 11) is 0. The number of carboxylic acid groups (broad SMARTS) is 1. The molecule has 18 heavy (non-hydrogen) atoms. The molecule has 0 aliphatic carbocycles. The molecule has 0 heterocycles. The molecule has 0 aliphatic heterocycles. The monoisotopic (exact) mass is 273 g/mol. The van der Waals surface area contributed by atoms with Crippen molar-refractivity contribution in [2.75, 3.05) is 6.54 Å². The lowest BCUT2D eigenvalue weighted by atomic mass is 10.1. The first-order chi connectivity index (χ1) is 8.34. The van der Waals surface area contributed by atoms with Crippen molar-refractivity contribution in [2.45, 2.75) is 19.9 Å². The maximum Gasteiger partial charge on any atom is 0.323 e. The molecule has 0 bridgehead atoms. The zero-order valence-corrected chi connectivity index (χ0v) is 10.7. The number of hydrogen-bond donors (Lipinski definition) is 1. The standard InChI is InChI=1S/C12H13ClFNO3/c1-7(2)15(6-10(16)17)12(18)8-4-3-5-9(14)11(8)13/h3-5,7H,6H2,1-2H3,(H,16,17). The Hall–Kier alpha value is -1.62. The minimum atomic E-state index is -1.13. The summed E-state index contributed by atoms with van der Waals surface area (Å²) in [6.07, 6.45) is 0. The van der Waals surface area contributed by atoms with Gasteiger partial charge in [0.05, 0.1) is 10.6 Å². The highest BCUT2D eigenvalue weighted by Crippen LogP contribution is 2.21. The van der Waals surface area contributed by atoms with E-state index < -0.39 is 24.2 Å². The van der Waals surface area contributed by atoms with E-state index in [0.29, 0.717) is 0 Å². The molecule has 6 heteroatoms. The van der Waals surface area contributed by atoms with Gasteiger partial charge in [0.1, 0.15) is 12.4 Å². The van der Waals surface area contributed by atoms with Gasteiger partial charge in [-0.25, -0.2) is 4.39 Å². The van der Waals surface area contributed by atoms with Crippen LogP contribution in [0.3, 0.4) is 0 Å². The number of amides is 1. The van der Waals surface area contributed by atoms with E-state index in [4.69, 9.17) is 16.7 Å². The van der Waals surface area contributed by atoms with Crippen molar-refractivity contribution in [3.63, 3.8) is 0 Å². The van der Waals surface area contributed by atoms with Gasteiger partial charge in [0.2, 0.25) is 0 Å². The summed E-state index contributed by atoms with van der Waals surface area (Å²) in [4.78, 5) is 23.9. The average Bonchev–Trinajstić information content (AvgIpc) is 2.28. The second-order valence-electron chi connectivity index (χ2n) is 4.02. The van der Waals surface area contributed by atoms with Crippen molar-refractivity contribution in [1.29, 1.82) is 0 Å². The maximum absolute atomic E-state index is 13.2. The van der Waals surface area contributed by atoms with Crippen LogP contribution in [0.15, 0.2) is 18.2 Å². The van der Waals surface area contributed by atoms with Crippen LogP contribution in [0.5, 0.6) is 0 Å². The highest BCUT2D eigenvalue weighted by atomic mass is 35.5. The number of carboxylic acids is 1. The predicted octanol–water partition coefficient (Wildman–Crippen LogP) is 2.41. The number of hydrogen-bond acceptors (Lipinski definition) is 2. The zero-order valence-electron chi connectivity index (χ0n) is 9.98. The highest BCUT2D eigenvalue weighted by Gasteiger charge is 2.24. The van der Waals surface area contributed by atoms with Gasteiger partial charge in [-0.05, 0) is 26.0 Å². The number of rotatable bonds is 4. The van der Waals surface area contributed by atoms with E-state index in [-0.39, 0.29) is 16.6 Å². The third kappa shape index (κ3) is 3.20. The van der Waals surface area contributed by atoms with Crippen LogP contribution in [0, 0.1) is 5.82 Å². The molecule has 1 rings (SSSR count). The summed E-state index contributed by atoms with van der Waals surface area (Å²) in [6.45, 7) is 2.89. The number of halogens is 2. The fourth-order valence-corrected chi connectivity index (χ4v) is 1.67. The van der Waals surface area contributed by atoms with Crippen LogP contribution in [-0.2, 0) is 4.79 Å². The predicted molar refractivity (Wildman–Crippen MR) is 65.2 cm³/mol. The summed E-state index contributed by atoms with van der Waals surface area (Å²) in [6, 6.07) is 3.53. The molecule has 0 radical (unpaired) electrons. The Bertz CT molecular complexity index is 476. The van der Waals surface area contributed by atoms with Crippen molar-refractivity contribution >= 4 is 23.5 Å². The minimum absolute atomic E-state index is 0.0355. The first-order valence-corrected chi connectivity index (χ1v) is 5.69. The van der Waals surface area contributed by atoms with Crippen LogP contribution < -0.4 is 0 Å². The molecule has 98 valence electrons. The summed E-state index contributed by atoms with van der Waals surface area (Å²) >= 11 is 5.70. The summed E-state index contributed by atoms with van der Waals surface area (Å²) in [5.41, 5.74) is -0.0355. The first kappa shape index (κ1) is 14.4. The number of carbonyl (C=O) groups excluding carboxylic acids is 1. The van der Waals surface area contributed by atoms with E-state index in [1.54, 1.807) is 13.8 Å². The third-order valence-electron chi connectivity index (χ3n) is 2.37. The van der Waals surface area contributed by atoms with Crippen LogP contribution in [-0.4, -0.2) is 34.5 Å². The molecule has 1 N–H and O–H groups in total. The first-order valence-electron chi connectivity index (χ1n) is 5.31. The Labute approximate surface area is 109 Å². The quantitative estimate of drug-likeness (QED) is 0.916. The average molecular weight is 274 g/mol. The van der Waals surface area contributed by atoms with Crippen LogP contribution in [0.25, 0.3) is 0 Å². The Morgan fingerprint density at radius 3 is 2.56 bits per heavy atom.